The lowest BCUT2D eigenvalue weighted by atomic mass is 9.90. The first-order chi connectivity index (χ1) is 14.0. The van der Waals surface area contributed by atoms with E-state index in [2.05, 4.69) is 11.6 Å². The van der Waals surface area contributed by atoms with Crippen LogP contribution in [0.4, 0.5) is 0 Å². The molecule has 5 rings (SSSR count). The minimum absolute atomic E-state index is 0.0271. The van der Waals surface area contributed by atoms with Gasteiger partial charge in [-0.1, -0.05) is 24.8 Å². The standard InChI is InChI=1S/C23H26N4O2/c1-3-17(2)12-22(28)26-14-21-9-8-20(26)15-27(21)23(29)13-18-4-6-19(7-5-18)25-11-10-24-16-25/h3-7,10-12,16,20-21H,1,8-9,13-15H2,2H3/b17-12-. The molecule has 3 aliphatic rings. The molecule has 150 valence electrons. The molecule has 3 saturated heterocycles. The molecule has 2 amide bonds. The Balaban J connectivity index is 1.39. The van der Waals surface area contributed by atoms with Gasteiger partial charge in [0.1, 0.15) is 0 Å². The second-order valence-electron chi connectivity index (χ2n) is 7.83. The van der Waals surface area contributed by atoms with E-state index in [4.69, 9.17) is 0 Å². The molecule has 1 aromatic heterocycles. The summed E-state index contributed by atoms with van der Waals surface area (Å²) in [5, 5.41) is 0. The van der Waals surface area contributed by atoms with Crippen molar-refractivity contribution in [2.75, 3.05) is 13.1 Å². The summed E-state index contributed by atoms with van der Waals surface area (Å²) in [7, 11) is 0. The van der Waals surface area contributed by atoms with Crippen molar-refractivity contribution < 1.29 is 9.59 Å². The molecular weight excluding hydrogens is 364 g/mol. The molecule has 4 heterocycles. The van der Waals surface area contributed by atoms with Crippen molar-refractivity contribution in [2.45, 2.75) is 38.3 Å². The minimum atomic E-state index is 0.0271. The molecule has 0 radical (unpaired) electrons. The summed E-state index contributed by atoms with van der Waals surface area (Å²) < 4.78 is 1.93. The number of piperazine rings is 1. The number of carbonyl (C=O) groups is 2. The smallest absolute Gasteiger partial charge is 0.247 e. The van der Waals surface area contributed by atoms with E-state index in [1.54, 1.807) is 24.7 Å². The van der Waals surface area contributed by atoms with Crippen LogP contribution < -0.4 is 0 Å². The number of piperidine rings is 2. The molecule has 0 aliphatic carbocycles. The Hall–Kier alpha value is -3.15. The molecule has 0 N–H and O–H groups in total. The first-order valence-electron chi connectivity index (χ1n) is 10.0. The lowest BCUT2D eigenvalue weighted by Gasteiger charge is -2.51. The number of imidazole rings is 1. The largest absolute Gasteiger partial charge is 0.336 e. The highest BCUT2D eigenvalue weighted by atomic mass is 16.2. The van der Waals surface area contributed by atoms with Crippen LogP contribution in [-0.4, -0.2) is 56.3 Å². The number of nitrogens with zero attached hydrogens (tertiary/aromatic N) is 4. The normalized spacial score (nSPS) is 21.3. The number of rotatable bonds is 5. The van der Waals surface area contributed by atoms with Gasteiger partial charge in [-0.3, -0.25) is 9.59 Å². The number of allylic oxidation sites excluding steroid dienone is 2. The number of carbonyl (C=O) groups excluding carboxylic acids is 2. The number of hydrogen-bond donors (Lipinski definition) is 0. The van der Waals surface area contributed by atoms with Crippen molar-refractivity contribution in [3.05, 3.63) is 72.9 Å². The summed E-state index contributed by atoms with van der Waals surface area (Å²) in [6.07, 6.45) is 11.0. The van der Waals surface area contributed by atoms with Crippen LogP contribution in [0.15, 0.2) is 67.3 Å². The number of hydrogen-bond acceptors (Lipinski definition) is 3. The molecule has 29 heavy (non-hydrogen) atoms. The van der Waals surface area contributed by atoms with Crippen molar-refractivity contribution in [1.29, 1.82) is 0 Å². The highest BCUT2D eigenvalue weighted by Crippen LogP contribution is 2.30. The lowest BCUT2D eigenvalue weighted by molar-refractivity contribution is -0.148. The second kappa shape index (κ2) is 8.07. The average molecular weight is 390 g/mol. The number of amides is 2. The van der Waals surface area contributed by atoms with Gasteiger partial charge in [0.2, 0.25) is 11.8 Å². The lowest BCUT2D eigenvalue weighted by Crippen LogP contribution is -2.65. The van der Waals surface area contributed by atoms with Gasteiger partial charge in [-0.15, -0.1) is 0 Å². The third-order valence-corrected chi connectivity index (χ3v) is 5.90. The predicted octanol–water partition coefficient (Wildman–Crippen LogP) is 2.75. The highest BCUT2D eigenvalue weighted by molar-refractivity contribution is 5.89. The zero-order valence-electron chi connectivity index (χ0n) is 16.7. The van der Waals surface area contributed by atoms with Gasteiger partial charge in [0.15, 0.2) is 0 Å². The van der Waals surface area contributed by atoms with Gasteiger partial charge in [0.25, 0.3) is 0 Å². The maximum absolute atomic E-state index is 13.0. The summed E-state index contributed by atoms with van der Waals surface area (Å²) in [6.45, 7) is 6.83. The zero-order valence-corrected chi connectivity index (χ0v) is 16.7. The number of fused-ring (bicyclic) bond motifs is 3. The summed E-state index contributed by atoms with van der Waals surface area (Å²) in [5.74, 6) is 0.166. The fraction of sp³-hybridized carbons (Fsp3) is 0.348. The van der Waals surface area contributed by atoms with Gasteiger partial charge in [-0.2, -0.15) is 0 Å². The van der Waals surface area contributed by atoms with E-state index < -0.39 is 0 Å². The Morgan fingerprint density at radius 3 is 2.41 bits per heavy atom. The van der Waals surface area contributed by atoms with Gasteiger partial charge in [-0.05, 0) is 43.0 Å². The van der Waals surface area contributed by atoms with Gasteiger partial charge >= 0.3 is 0 Å². The quantitative estimate of drug-likeness (QED) is 0.583. The maximum atomic E-state index is 13.0. The molecule has 2 unspecified atom stereocenters. The Morgan fingerprint density at radius 1 is 1.14 bits per heavy atom. The summed E-state index contributed by atoms with van der Waals surface area (Å²) in [6, 6.07) is 8.21. The third-order valence-electron chi connectivity index (χ3n) is 5.90. The van der Waals surface area contributed by atoms with E-state index in [0.717, 1.165) is 29.7 Å². The Kier molecular flexibility index (Phi) is 5.34. The molecule has 2 bridgehead atoms. The Morgan fingerprint density at radius 2 is 1.83 bits per heavy atom. The fourth-order valence-corrected chi connectivity index (χ4v) is 4.21. The Bertz CT molecular complexity index is 930. The molecule has 1 aromatic carbocycles. The van der Waals surface area contributed by atoms with Crippen molar-refractivity contribution in [3.63, 3.8) is 0 Å². The molecule has 6 heteroatoms. The van der Waals surface area contributed by atoms with Crippen molar-refractivity contribution in [2.24, 2.45) is 0 Å². The molecule has 0 saturated carbocycles. The van der Waals surface area contributed by atoms with Crippen LogP contribution in [0.3, 0.4) is 0 Å². The van der Waals surface area contributed by atoms with E-state index in [1.807, 2.05) is 51.8 Å². The van der Waals surface area contributed by atoms with Crippen LogP contribution in [0.25, 0.3) is 5.69 Å². The first-order valence-corrected chi connectivity index (χ1v) is 10.0. The summed E-state index contributed by atoms with van der Waals surface area (Å²) in [5.41, 5.74) is 2.88. The van der Waals surface area contributed by atoms with Crippen LogP contribution in [0.5, 0.6) is 0 Å². The molecular formula is C23H26N4O2. The minimum Gasteiger partial charge on any atom is -0.336 e. The third kappa shape index (κ3) is 4.01. The summed E-state index contributed by atoms with van der Waals surface area (Å²) in [4.78, 5) is 33.5. The van der Waals surface area contributed by atoms with Crippen molar-refractivity contribution in [1.82, 2.24) is 19.4 Å². The van der Waals surface area contributed by atoms with Gasteiger partial charge < -0.3 is 14.4 Å². The summed E-state index contributed by atoms with van der Waals surface area (Å²) >= 11 is 0. The van der Waals surface area contributed by atoms with Gasteiger partial charge in [0, 0.05) is 49.3 Å². The van der Waals surface area contributed by atoms with Crippen LogP contribution in [0, 0.1) is 0 Å². The molecule has 3 aliphatic heterocycles. The molecule has 0 spiro atoms. The van der Waals surface area contributed by atoms with Crippen molar-refractivity contribution >= 4 is 11.8 Å². The number of benzene rings is 1. The van der Waals surface area contributed by atoms with E-state index >= 15 is 0 Å². The predicted molar refractivity (Wildman–Crippen MR) is 111 cm³/mol. The van der Waals surface area contributed by atoms with Gasteiger partial charge in [0.05, 0.1) is 12.7 Å². The zero-order chi connectivity index (χ0) is 20.4. The molecule has 3 fully saturated rings. The van der Waals surface area contributed by atoms with E-state index in [-0.39, 0.29) is 23.9 Å². The molecule has 2 atom stereocenters. The average Bonchev–Trinajstić information content (AvgIpc) is 3.29. The molecule has 2 aromatic rings. The second-order valence-corrected chi connectivity index (χ2v) is 7.83. The van der Waals surface area contributed by atoms with Crippen LogP contribution in [-0.2, 0) is 16.0 Å². The SMILES string of the molecule is C=C/C(C)=C\C(=O)N1CC2CCC1CN2C(=O)Cc1ccc(-n2ccnc2)cc1. The monoisotopic (exact) mass is 390 g/mol. The first kappa shape index (κ1) is 19.2. The van der Waals surface area contributed by atoms with E-state index in [0.29, 0.717) is 19.5 Å². The van der Waals surface area contributed by atoms with Crippen LogP contribution >= 0.6 is 0 Å². The maximum Gasteiger partial charge on any atom is 0.247 e. The van der Waals surface area contributed by atoms with Crippen LogP contribution in [0.1, 0.15) is 25.3 Å². The van der Waals surface area contributed by atoms with Gasteiger partial charge in [-0.25, -0.2) is 4.98 Å². The van der Waals surface area contributed by atoms with Crippen LogP contribution in [0.2, 0.25) is 0 Å². The highest BCUT2D eigenvalue weighted by Gasteiger charge is 2.42. The van der Waals surface area contributed by atoms with Crippen molar-refractivity contribution in [3.8, 4) is 5.69 Å². The number of aromatic nitrogens is 2. The Labute approximate surface area is 171 Å². The van der Waals surface area contributed by atoms with E-state index in [1.165, 1.54) is 0 Å². The molecule has 6 nitrogen and oxygen atoms in total. The van der Waals surface area contributed by atoms with E-state index in [9.17, 15) is 9.59 Å². The topological polar surface area (TPSA) is 58.4 Å². The fourth-order valence-electron chi connectivity index (χ4n) is 4.21.